The number of hydrogen-bond donors (Lipinski definition) is 0. The molecule has 0 N–H and O–H groups in total. The van der Waals surface area contributed by atoms with Crippen LogP contribution in [0.5, 0.6) is 0 Å². The molecule has 0 aromatic heterocycles. The van der Waals surface area contributed by atoms with E-state index in [1.807, 2.05) is 19.1 Å². The van der Waals surface area contributed by atoms with Crippen LogP contribution >= 0.6 is 0 Å². The van der Waals surface area contributed by atoms with Crippen LogP contribution in [0, 0.1) is 12.3 Å². The SMILES string of the molecule is CCOC(=O)C(C)(Cc1cc(C)ccc1C(C)C)C(=O)OCC. The Balaban J connectivity index is 3.28. The molecule has 0 aliphatic heterocycles. The molecule has 0 amide bonds. The highest BCUT2D eigenvalue weighted by molar-refractivity contribution is 6.00. The predicted octanol–water partition coefficient (Wildman–Crippen LogP) is 3.79. The molecule has 0 bridgehead atoms. The Morgan fingerprint density at radius 3 is 2.04 bits per heavy atom. The van der Waals surface area contributed by atoms with Gasteiger partial charge in [-0.2, -0.15) is 0 Å². The van der Waals surface area contributed by atoms with E-state index in [4.69, 9.17) is 9.47 Å². The molecular weight excluding hydrogens is 292 g/mol. The van der Waals surface area contributed by atoms with Crippen molar-refractivity contribution >= 4 is 11.9 Å². The minimum absolute atomic E-state index is 0.235. The van der Waals surface area contributed by atoms with Gasteiger partial charge in [0.25, 0.3) is 0 Å². The van der Waals surface area contributed by atoms with E-state index in [2.05, 4.69) is 19.9 Å². The number of aryl methyl sites for hydroxylation is 1. The van der Waals surface area contributed by atoms with Gasteiger partial charge in [-0.25, -0.2) is 0 Å². The van der Waals surface area contributed by atoms with Crippen LogP contribution in [-0.2, 0) is 25.5 Å². The molecule has 1 rings (SSSR count). The molecule has 0 saturated carbocycles. The summed E-state index contributed by atoms with van der Waals surface area (Å²) in [5, 5.41) is 0. The molecule has 0 aliphatic carbocycles. The molecular formula is C19H28O4. The van der Waals surface area contributed by atoms with Crippen molar-refractivity contribution in [3.05, 3.63) is 34.9 Å². The number of benzene rings is 1. The number of carbonyl (C=O) groups is 2. The molecule has 4 nitrogen and oxygen atoms in total. The molecule has 0 radical (unpaired) electrons. The van der Waals surface area contributed by atoms with Gasteiger partial charge in [0.15, 0.2) is 5.41 Å². The monoisotopic (exact) mass is 320 g/mol. The summed E-state index contributed by atoms with van der Waals surface area (Å²) in [7, 11) is 0. The molecule has 0 saturated heterocycles. The molecule has 0 fully saturated rings. The van der Waals surface area contributed by atoms with Crippen molar-refractivity contribution < 1.29 is 19.1 Å². The van der Waals surface area contributed by atoms with Gasteiger partial charge in [-0.05, 0) is 51.2 Å². The maximum absolute atomic E-state index is 12.4. The van der Waals surface area contributed by atoms with Crippen LogP contribution in [0.3, 0.4) is 0 Å². The number of ether oxygens (including phenoxy) is 2. The lowest BCUT2D eigenvalue weighted by atomic mass is 9.80. The minimum Gasteiger partial charge on any atom is -0.465 e. The van der Waals surface area contributed by atoms with Crippen LogP contribution in [0.15, 0.2) is 18.2 Å². The first-order valence-corrected chi connectivity index (χ1v) is 8.20. The van der Waals surface area contributed by atoms with E-state index < -0.39 is 17.4 Å². The summed E-state index contributed by atoms with van der Waals surface area (Å²) in [5.41, 5.74) is 1.89. The maximum atomic E-state index is 12.4. The van der Waals surface area contributed by atoms with Crippen molar-refractivity contribution in [1.29, 1.82) is 0 Å². The van der Waals surface area contributed by atoms with E-state index in [9.17, 15) is 9.59 Å². The Kier molecular flexibility index (Phi) is 6.79. The van der Waals surface area contributed by atoms with Crippen LogP contribution in [0.4, 0.5) is 0 Å². The average molecular weight is 320 g/mol. The third kappa shape index (κ3) is 4.57. The Morgan fingerprint density at radius 2 is 1.61 bits per heavy atom. The highest BCUT2D eigenvalue weighted by Crippen LogP contribution is 2.31. The molecule has 128 valence electrons. The summed E-state index contributed by atoms with van der Waals surface area (Å²) in [6.45, 7) is 11.7. The van der Waals surface area contributed by atoms with Gasteiger partial charge in [0.2, 0.25) is 0 Å². The number of carbonyl (C=O) groups excluding carboxylic acids is 2. The van der Waals surface area contributed by atoms with Crippen molar-refractivity contribution in [2.75, 3.05) is 13.2 Å². The maximum Gasteiger partial charge on any atom is 0.323 e. The Morgan fingerprint density at radius 1 is 1.09 bits per heavy atom. The van der Waals surface area contributed by atoms with Gasteiger partial charge in [0.05, 0.1) is 13.2 Å². The van der Waals surface area contributed by atoms with Crippen LogP contribution < -0.4 is 0 Å². The van der Waals surface area contributed by atoms with Gasteiger partial charge in [-0.3, -0.25) is 9.59 Å². The lowest BCUT2D eigenvalue weighted by molar-refractivity contribution is -0.170. The lowest BCUT2D eigenvalue weighted by Gasteiger charge is -2.27. The first-order valence-electron chi connectivity index (χ1n) is 8.20. The molecule has 1 aromatic carbocycles. The van der Waals surface area contributed by atoms with E-state index >= 15 is 0 Å². The molecule has 0 heterocycles. The van der Waals surface area contributed by atoms with Crippen molar-refractivity contribution in [3.63, 3.8) is 0 Å². The topological polar surface area (TPSA) is 52.6 Å². The van der Waals surface area contributed by atoms with E-state index in [0.717, 1.165) is 16.7 Å². The highest BCUT2D eigenvalue weighted by Gasteiger charge is 2.44. The second-order valence-corrected chi connectivity index (χ2v) is 6.31. The highest BCUT2D eigenvalue weighted by atomic mass is 16.6. The van der Waals surface area contributed by atoms with Crippen molar-refractivity contribution in [3.8, 4) is 0 Å². The summed E-state index contributed by atoms with van der Waals surface area (Å²) < 4.78 is 10.3. The zero-order valence-corrected chi connectivity index (χ0v) is 15.1. The summed E-state index contributed by atoms with van der Waals surface area (Å²) in [6.07, 6.45) is 0.278. The van der Waals surface area contributed by atoms with Gasteiger partial charge in [0, 0.05) is 0 Å². The van der Waals surface area contributed by atoms with Gasteiger partial charge >= 0.3 is 11.9 Å². The molecule has 23 heavy (non-hydrogen) atoms. The Hall–Kier alpha value is -1.84. The number of esters is 2. The smallest absolute Gasteiger partial charge is 0.323 e. The van der Waals surface area contributed by atoms with E-state index in [1.165, 1.54) is 0 Å². The number of hydrogen-bond acceptors (Lipinski definition) is 4. The normalized spacial score (nSPS) is 11.4. The largest absolute Gasteiger partial charge is 0.465 e. The lowest BCUT2D eigenvalue weighted by Crippen LogP contribution is -2.41. The van der Waals surface area contributed by atoms with Gasteiger partial charge in [0.1, 0.15) is 0 Å². The second kappa shape index (κ2) is 8.14. The van der Waals surface area contributed by atoms with Gasteiger partial charge in [-0.15, -0.1) is 0 Å². The summed E-state index contributed by atoms with van der Waals surface area (Å²) in [4.78, 5) is 24.9. The van der Waals surface area contributed by atoms with Crippen molar-refractivity contribution in [2.24, 2.45) is 5.41 Å². The average Bonchev–Trinajstić information content (AvgIpc) is 2.47. The first-order chi connectivity index (χ1) is 10.8. The summed E-state index contributed by atoms with van der Waals surface area (Å²) in [5.74, 6) is -0.761. The first kappa shape index (κ1) is 19.2. The minimum atomic E-state index is -1.33. The fourth-order valence-electron chi connectivity index (χ4n) is 2.64. The van der Waals surface area contributed by atoms with E-state index in [-0.39, 0.29) is 19.6 Å². The Bertz CT molecular complexity index is 542. The standard InChI is InChI=1S/C19H28O4/c1-7-22-17(20)19(6,18(21)23-8-2)12-15-11-14(5)9-10-16(15)13(3)4/h9-11,13H,7-8,12H2,1-6H3. The van der Waals surface area contributed by atoms with Crippen molar-refractivity contribution in [2.45, 2.75) is 53.9 Å². The molecule has 0 atom stereocenters. The summed E-state index contributed by atoms with van der Waals surface area (Å²) in [6, 6.07) is 6.14. The third-order valence-electron chi connectivity index (χ3n) is 3.92. The molecule has 0 aliphatic rings. The van der Waals surface area contributed by atoms with Gasteiger partial charge < -0.3 is 9.47 Å². The van der Waals surface area contributed by atoms with Crippen molar-refractivity contribution in [1.82, 2.24) is 0 Å². The third-order valence-corrected chi connectivity index (χ3v) is 3.92. The Labute approximate surface area is 139 Å². The quantitative estimate of drug-likeness (QED) is 0.566. The molecule has 4 heteroatoms. The molecule has 1 aromatic rings. The van der Waals surface area contributed by atoms with Crippen LogP contribution in [0.2, 0.25) is 0 Å². The van der Waals surface area contributed by atoms with Gasteiger partial charge in [-0.1, -0.05) is 37.6 Å². The van der Waals surface area contributed by atoms with Crippen LogP contribution in [0.1, 0.15) is 57.2 Å². The second-order valence-electron chi connectivity index (χ2n) is 6.31. The molecule has 0 unspecified atom stereocenters. The van der Waals surface area contributed by atoms with E-state index in [1.54, 1.807) is 20.8 Å². The van der Waals surface area contributed by atoms with E-state index in [0.29, 0.717) is 5.92 Å². The zero-order chi connectivity index (χ0) is 17.6. The van der Waals surface area contributed by atoms with Crippen LogP contribution in [0.25, 0.3) is 0 Å². The van der Waals surface area contributed by atoms with Crippen LogP contribution in [-0.4, -0.2) is 25.2 Å². The molecule has 0 spiro atoms. The summed E-state index contributed by atoms with van der Waals surface area (Å²) >= 11 is 0. The number of rotatable bonds is 7. The zero-order valence-electron chi connectivity index (χ0n) is 15.1. The fraction of sp³-hybridized carbons (Fsp3) is 0.579. The fourth-order valence-corrected chi connectivity index (χ4v) is 2.64. The predicted molar refractivity (Wildman–Crippen MR) is 90.3 cm³/mol.